The molecule has 7 N–H and O–H groups in total. The summed E-state index contributed by atoms with van der Waals surface area (Å²) < 4.78 is 63.2. The van der Waals surface area contributed by atoms with Gasteiger partial charge in [0.05, 0.1) is 6.34 Å². The van der Waals surface area contributed by atoms with Crippen LogP contribution in [0, 0.1) is 5.41 Å². The van der Waals surface area contributed by atoms with Gasteiger partial charge in [-0.1, -0.05) is 0 Å². The molecule has 12 heteroatoms. The molecule has 0 atom stereocenters. The van der Waals surface area contributed by atoms with E-state index in [1.54, 1.807) is 0 Å². The van der Waals surface area contributed by atoms with Crippen LogP contribution in [0.5, 0.6) is 0 Å². The molecule has 0 heterocycles. The van der Waals surface area contributed by atoms with E-state index in [-0.39, 0.29) is 0 Å². The van der Waals surface area contributed by atoms with Gasteiger partial charge >= 0.3 is 20.8 Å². The van der Waals surface area contributed by atoms with Crippen molar-refractivity contribution in [3.05, 3.63) is 0 Å². The minimum atomic E-state index is -4.67. The fraction of sp³-hybridized carbons (Fsp3) is 0. The van der Waals surface area contributed by atoms with Crippen LogP contribution in [0.1, 0.15) is 0 Å². The summed E-state index contributed by atoms with van der Waals surface area (Å²) in [6, 6.07) is 0. The standard InChI is InChI=1S/CH4N2.2H2O4S/c2-1-3;2*1-5(2,3)4/h1H,(H3,2,3);2*(H2,1,2,3,4). The second-order valence-electron chi connectivity index (χ2n) is 1.06. The van der Waals surface area contributed by atoms with Gasteiger partial charge in [0.2, 0.25) is 0 Å². The number of nitrogens with one attached hydrogen (secondary N) is 1. The molecule has 0 aliphatic heterocycles. The molecule has 0 aromatic rings. The van der Waals surface area contributed by atoms with Crippen LogP contribution in [0.15, 0.2) is 0 Å². The highest BCUT2D eigenvalue weighted by molar-refractivity contribution is 7.80. The van der Waals surface area contributed by atoms with Gasteiger partial charge < -0.3 is 5.73 Å². The average Bonchev–Trinajstić information content (AvgIpc) is 1.52. The zero-order valence-corrected chi connectivity index (χ0v) is 7.53. The van der Waals surface area contributed by atoms with Crippen LogP contribution < -0.4 is 5.73 Å². The lowest BCUT2D eigenvalue weighted by Gasteiger charge is -1.68. The lowest BCUT2D eigenvalue weighted by atomic mass is 11.4. The smallest absolute Gasteiger partial charge is 0.390 e. The molecule has 0 aliphatic carbocycles. The molecular formula is CH8N2O8S2. The van der Waals surface area contributed by atoms with Crippen LogP contribution in [-0.4, -0.2) is 41.4 Å². The number of hydrogen-bond acceptors (Lipinski definition) is 5. The first kappa shape index (κ1) is 18.1. The first-order chi connectivity index (χ1) is 5.41. The van der Waals surface area contributed by atoms with Crippen LogP contribution in [0.25, 0.3) is 0 Å². The number of rotatable bonds is 0. The molecule has 0 fully saturated rings. The summed E-state index contributed by atoms with van der Waals surface area (Å²) in [5, 5.41) is 5.86. The first-order valence-electron chi connectivity index (χ1n) is 2.02. The van der Waals surface area contributed by atoms with E-state index in [4.69, 9.17) is 40.5 Å². The van der Waals surface area contributed by atoms with Gasteiger partial charge in [0, 0.05) is 0 Å². The lowest BCUT2D eigenvalue weighted by molar-refractivity contribution is 0.378. The minimum absolute atomic E-state index is 0.750. The molecule has 0 amide bonds. The van der Waals surface area contributed by atoms with E-state index in [0.29, 0.717) is 0 Å². The summed E-state index contributed by atoms with van der Waals surface area (Å²) >= 11 is 0. The Morgan fingerprint density at radius 1 is 0.923 bits per heavy atom. The summed E-state index contributed by atoms with van der Waals surface area (Å²) in [6.07, 6.45) is 0.750. The predicted octanol–water partition coefficient (Wildman–Crippen LogP) is -1.75. The quantitative estimate of drug-likeness (QED) is 0.161. The van der Waals surface area contributed by atoms with Crippen molar-refractivity contribution in [3.8, 4) is 0 Å². The fourth-order valence-corrected chi connectivity index (χ4v) is 0. The molecule has 0 aliphatic rings. The monoisotopic (exact) mass is 240 g/mol. The third kappa shape index (κ3) is 1520. The van der Waals surface area contributed by atoms with Gasteiger partial charge in [0.15, 0.2) is 0 Å². The van der Waals surface area contributed by atoms with Crippen LogP contribution in [0.3, 0.4) is 0 Å². The average molecular weight is 240 g/mol. The molecule has 0 spiro atoms. The number of nitrogens with two attached hydrogens (primary N) is 1. The largest absolute Gasteiger partial charge is 0.394 e. The molecule has 82 valence electrons. The normalized spacial score (nSPS) is 9.85. The summed E-state index contributed by atoms with van der Waals surface area (Å²) in [5.74, 6) is 0. The molecule has 10 nitrogen and oxygen atoms in total. The van der Waals surface area contributed by atoms with Crippen LogP contribution in [0.2, 0.25) is 0 Å². The third-order valence-electron chi connectivity index (χ3n) is 0. The van der Waals surface area contributed by atoms with Crippen molar-refractivity contribution >= 4 is 27.1 Å². The molecule has 0 saturated heterocycles. The van der Waals surface area contributed by atoms with Crippen LogP contribution in [0.4, 0.5) is 0 Å². The van der Waals surface area contributed by atoms with Gasteiger partial charge in [-0.05, 0) is 0 Å². The predicted molar refractivity (Wildman–Crippen MR) is 41.3 cm³/mol. The molecular weight excluding hydrogens is 232 g/mol. The van der Waals surface area contributed by atoms with Crippen LogP contribution in [-0.2, 0) is 20.8 Å². The van der Waals surface area contributed by atoms with Crippen molar-refractivity contribution in [2.24, 2.45) is 5.73 Å². The van der Waals surface area contributed by atoms with Gasteiger partial charge in [-0.25, -0.2) is 0 Å². The molecule has 0 rings (SSSR count). The zero-order valence-electron chi connectivity index (χ0n) is 5.89. The van der Waals surface area contributed by atoms with E-state index >= 15 is 0 Å². The Morgan fingerprint density at radius 2 is 0.923 bits per heavy atom. The molecule has 0 aromatic heterocycles. The molecule has 0 saturated carbocycles. The topological polar surface area (TPSA) is 199 Å². The molecule has 0 unspecified atom stereocenters. The molecule has 0 aromatic carbocycles. The first-order valence-corrected chi connectivity index (χ1v) is 4.81. The van der Waals surface area contributed by atoms with E-state index in [0.717, 1.165) is 6.34 Å². The van der Waals surface area contributed by atoms with Crippen molar-refractivity contribution in [1.29, 1.82) is 5.41 Å². The second-order valence-corrected chi connectivity index (χ2v) is 2.85. The lowest BCUT2D eigenvalue weighted by Crippen LogP contribution is -1.89. The minimum Gasteiger partial charge on any atom is -0.390 e. The van der Waals surface area contributed by atoms with Crippen molar-refractivity contribution in [1.82, 2.24) is 0 Å². The maximum absolute atomic E-state index is 8.74. The highest BCUT2D eigenvalue weighted by Gasteiger charge is 1.85. The molecule has 0 bridgehead atoms. The Labute approximate surface area is 74.0 Å². The third-order valence-corrected chi connectivity index (χ3v) is 0. The summed E-state index contributed by atoms with van der Waals surface area (Å²) in [4.78, 5) is 0. The zero-order chi connectivity index (χ0) is 11.7. The van der Waals surface area contributed by atoms with Crippen molar-refractivity contribution in [2.45, 2.75) is 0 Å². The van der Waals surface area contributed by atoms with Crippen LogP contribution >= 0.6 is 0 Å². The Morgan fingerprint density at radius 3 is 0.923 bits per heavy atom. The van der Waals surface area contributed by atoms with Crippen molar-refractivity contribution in [2.75, 3.05) is 0 Å². The summed E-state index contributed by atoms with van der Waals surface area (Å²) in [7, 11) is -9.33. The fourth-order valence-electron chi connectivity index (χ4n) is 0. The van der Waals surface area contributed by atoms with E-state index < -0.39 is 20.8 Å². The van der Waals surface area contributed by atoms with E-state index in [2.05, 4.69) is 5.73 Å². The SMILES string of the molecule is N=CN.O=S(=O)(O)O.O=S(=O)(O)O. The van der Waals surface area contributed by atoms with E-state index in [1.807, 2.05) is 0 Å². The highest BCUT2D eigenvalue weighted by atomic mass is 32.3. The Balaban J connectivity index is -0.000000120. The van der Waals surface area contributed by atoms with Gasteiger partial charge in [-0.2, -0.15) is 16.8 Å². The van der Waals surface area contributed by atoms with Crippen molar-refractivity contribution < 1.29 is 35.0 Å². The van der Waals surface area contributed by atoms with Gasteiger partial charge in [-0.3, -0.25) is 23.6 Å². The maximum atomic E-state index is 8.74. The van der Waals surface area contributed by atoms with Gasteiger partial charge in [-0.15, -0.1) is 0 Å². The Bertz CT molecular complexity index is 253. The van der Waals surface area contributed by atoms with Crippen molar-refractivity contribution in [3.63, 3.8) is 0 Å². The van der Waals surface area contributed by atoms with Gasteiger partial charge in [0.25, 0.3) is 0 Å². The Kier molecular flexibility index (Phi) is 10.9. The van der Waals surface area contributed by atoms with E-state index in [1.165, 1.54) is 0 Å². The molecule has 13 heavy (non-hydrogen) atoms. The second kappa shape index (κ2) is 7.84. The highest BCUT2D eigenvalue weighted by Crippen LogP contribution is 1.59. The van der Waals surface area contributed by atoms with Gasteiger partial charge in [0.1, 0.15) is 0 Å². The summed E-state index contributed by atoms with van der Waals surface area (Å²) in [6.45, 7) is 0. The Hall–Kier alpha value is -0.790. The molecule has 0 radical (unpaired) electrons. The van der Waals surface area contributed by atoms with E-state index in [9.17, 15) is 0 Å². The number of hydrogen-bond donors (Lipinski definition) is 6. The summed E-state index contributed by atoms with van der Waals surface area (Å²) in [5.41, 5.74) is 4.39. The maximum Gasteiger partial charge on any atom is 0.394 e.